The van der Waals surface area contributed by atoms with E-state index in [9.17, 15) is 5.41 Å². The van der Waals surface area contributed by atoms with E-state index in [1.54, 1.807) is 0 Å². The Labute approximate surface area is 588 Å². The number of amidine groups is 1. The summed E-state index contributed by atoms with van der Waals surface area (Å²) < 4.78 is 13.2. The molecule has 2 N–H and O–H groups in total. The van der Waals surface area contributed by atoms with Crippen LogP contribution in [0.5, 0.6) is 0 Å². The second-order valence-electron chi connectivity index (χ2n) is 27.3. The highest BCUT2D eigenvalue weighted by molar-refractivity contribution is 6.21. The fraction of sp³-hybridized carbons (Fsp3) is 0.117. The molecule has 484 valence electrons. The van der Waals surface area contributed by atoms with Gasteiger partial charge in [0.25, 0.3) is 0 Å². The van der Waals surface area contributed by atoms with E-state index >= 15 is 0 Å². The quantitative estimate of drug-likeness (QED) is 0.0887. The molecule has 4 unspecified atom stereocenters. The van der Waals surface area contributed by atoms with E-state index in [0.29, 0.717) is 29.3 Å². The highest BCUT2D eigenvalue weighted by Crippen LogP contribution is 2.61. The summed E-state index contributed by atoms with van der Waals surface area (Å²) in [6.45, 7) is 2.37. The summed E-state index contributed by atoms with van der Waals surface area (Å²) in [5.74, 6) is 1.74. The lowest BCUT2D eigenvalue weighted by Crippen LogP contribution is -2.38. The molecule has 0 spiro atoms. The first kappa shape index (κ1) is 61.2. The Morgan fingerprint density at radius 1 is 0.515 bits per heavy atom. The van der Waals surface area contributed by atoms with Gasteiger partial charge in [0, 0.05) is 46.1 Å². The Balaban J connectivity index is 0.695. The number of hydrogen-bond acceptors (Lipinski definition) is 7. The molecule has 0 bridgehead atoms. The minimum Gasteiger partial charge on any atom is -0.448 e. The molecule has 0 amide bonds. The van der Waals surface area contributed by atoms with Crippen molar-refractivity contribution >= 4 is 72.7 Å². The van der Waals surface area contributed by atoms with Gasteiger partial charge in [0.15, 0.2) is 5.84 Å². The number of benzene rings is 12. The largest absolute Gasteiger partial charge is 0.448 e. The van der Waals surface area contributed by atoms with Gasteiger partial charge in [0.1, 0.15) is 0 Å². The van der Waals surface area contributed by atoms with Crippen molar-refractivity contribution in [3.63, 3.8) is 0 Å². The topological polar surface area (TPSA) is 103 Å². The van der Waals surface area contributed by atoms with Crippen molar-refractivity contribution in [3.05, 3.63) is 405 Å². The van der Waals surface area contributed by atoms with E-state index in [4.69, 9.17) is 29.9 Å². The van der Waals surface area contributed by atoms with Crippen LogP contribution in [0.25, 0.3) is 54.6 Å². The number of ether oxygens (including phenoxy) is 2. The van der Waals surface area contributed by atoms with Crippen molar-refractivity contribution in [3.8, 4) is 11.1 Å². The van der Waals surface area contributed by atoms with Crippen molar-refractivity contribution in [1.82, 2.24) is 0 Å². The fourth-order valence-electron chi connectivity index (χ4n) is 16.9. The Morgan fingerprint density at radius 3 is 1.89 bits per heavy atom. The highest BCUT2D eigenvalue weighted by atomic mass is 16.5. The molecule has 101 heavy (non-hydrogen) atoms. The van der Waals surface area contributed by atoms with E-state index in [1.807, 2.05) is 66.7 Å². The predicted molar refractivity (Wildman–Crippen MR) is 414 cm³/mol. The number of fused-ring (bicyclic) bond motifs is 6. The molecule has 0 fully saturated rings. The lowest BCUT2D eigenvalue weighted by Gasteiger charge is -2.41. The van der Waals surface area contributed by atoms with Crippen LogP contribution in [0.4, 0.5) is 0 Å². The Morgan fingerprint density at radius 2 is 1.12 bits per heavy atom. The van der Waals surface area contributed by atoms with Gasteiger partial charge < -0.3 is 9.47 Å². The second kappa shape index (κ2) is 25.6. The lowest BCUT2D eigenvalue weighted by molar-refractivity contribution is 0.171. The molecule has 2 aliphatic heterocycles. The first-order valence-electron chi connectivity index (χ1n) is 35.3. The zero-order valence-corrected chi connectivity index (χ0v) is 56.0. The smallest absolute Gasteiger partial charge is 0.221 e. The maximum Gasteiger partial charge on any atom is 0.221 e. The highest BCUT2D eigenvalue weighted by Gasteiger charge is 2.53. The van der Waals surface area contributed by atoms with Crippen molar-refractivity contribution in [1.29, 1.82) is 10.8 Å². The van der Waals surface area contributed by atoms with Crippen LogP contribution >= 0.6 is 0 Å². The number of nitrogens with one attached hydrogen (secondary N) is 2. The van der Waals surface area contributed by atoms with E-state index < -0.39 is 17.7 Å². The monoisotopic (exact) mass is 1300 g/mol. The Kier molecular flexibility index (Phi) is 15.5. The fourth-order valence-corrected chi connectivity index (χ4v) is 16.9. The van der Waals surface area contributed by atoms with Crippen molar-refractivity contribution in [2.45, 2.75) is 56.2 Å². The SMILES string of the molecule is CC1C(c2ccccc2)=CC(C2=C(C3=NC(C4=CC=C5c6cc(-c7ccc8c(C9=NC(c%10cccc%11ccccc%10%11)=NC(c%10ccccc%10C(=N)OC(=N)c%10cccc%11ccccc%10%11)C9)cccc8c7)ccc6C(c6ccccc6)(c6ccccc6)C5C4)O3)CCC=C2)=C[C@@H]1c1ccccc1. The lowest BCUT2D eigenvalue weighted by atomic mass is 9.62. The molecule has 12 aromatic rings. The number of allylic oxidation sites excluding steroid dienone is 10. The number of aliphatic imine (C=N–C) groups is 3. The van der Waals surface area contributed by atoms with Gasteiger partial charge in [0.05, 0.1) is 17.2 Å². The van der Waals surface area contributed by atoms with Gasteiger partial charge in [-0.25, -0.2) is 9.98 Å². The van der Waals surface area contributed by atoms with Crippen molar-refractivity contribution in [2.24, 2.45) is 26.8 Å². The molecule has 12 aromatic carbocycles. The average Bonchev–Trinajstić information content (AvgIpc) is 1.55. The second-order valence-corrected chi connectivity index (χ2v) is 27.3. The summed E-state index contributed by atoms with van der Waals surface area (Å²) >= 11 is 0. The number of rotatable bonds is 13. The van der Waals surface area contributed by atoms with E-state index in [-0.39, 0.29) is 23.6 Å². The minimum absolute atomic E-state index is 0.0498. The predicted octanol–water partition coefficient (Wildman–Crippen LogP) is 22.1. The molecule has 0 saturated heterocycles. The van der Waals surface area contributed by atoms with Gasteiger partial charge in [-0.05, 0) is 160 Å². The normalized spacial score (nSPS) is 19.7. The molecular weight excluding hydrogens is 1230 g/mol. The Hall–Kier alpha value is -12.2. The van der Waals surface area contributed by atoms with Crippen LogP contribution in [-0.4, -0.2) is 35.5 Å². The van der Waals surface area contributed by atoms with Crippen molar-refractivity contribution < 1.29 is 9.47 Å². The van der Waals surface area contributed by atoms with Crippen LogP contribution < -0.4 is 0 Å². The summed E-state index contributed by atoms with van der Waals surface area (Å²) in [7, 11) is 0. The summed E-state index contributed by atoms with van der Waals surface area (Å²) in [5, 5.41) is 24.9. The van der Waals surface area contributed by atoms with Crippen LogP contribution in [0, 0.1) is 22.7 Å². The molecule has 7 heteroatoms. The number of hydrogen-bond donors (Lipinski definition) is 2. The Bertz CT molecular complexity index is 5620. The van der Waals surface area contributed by atoms with Crippen LogP contribution in [0.1, 0.15) is 106 Å². The molecule has 0 radical (unpaired) electrons. The zero-order valence-electron chi connectivity index (χ0n) is 56.0. The van der Waals surface area contributed by atoms with Gasteiger partial charge in [-0.3, -0.25) is 15.8 Å². The van der Waals surface area contributed by atoms with Crippen LogP contribution in [0.3, 0.4) is 0 Å². The summed E-state index contributed by atoms with van der Waals surface area (Å²) in [5.41, 5.74) is 21.7. The molecule has 0 saturated carbocycles. The van der Waals surface area contributed by atoms with Crippen LogP contribution in [0.2, 0.25) is 0 Å². The van der Waals surface area contributed by atoms with Gasteiger partial charge in [-0.2, -0.15) is 0 Å². The molecule has 18 rings (SSSR count). The molecule has 4 aliphatic carbocycles. The molecule has 2 heterocycles. The number of nitrogens with zero attached hydrogens (tertiary/aromatic N) is 3. The molecular formula is C94H71N5O2. The van der Waals surface area contributed by atoms with Crippen LogP contribution in [-0.2, 0) is 14.9 Å². The molecule has 5 atom stereocenters. The zero-order chi connectivity index (χ0) is 67.5. The van der Waals surface area contributed by atoms with Gasteiger partial charge in [-0.15, -0.1) is 0 Å². The molecule has 6 aliphatic rings. The van der Waals surface area contributed by atoms with Crippen molar-refractivity contribution in [2.75, 3.05) is 0 Å². The van der Waals surface area contributed by atoms with Gasteiger partial charge in [0.2, 0.25) is 23.9 Å². The van der Waals surface area contributed by atoms with E-state index in [2.05, 4.69) is 262 Å². The third kappa shape index (κ3) is 10.8. The average molecular weight is 1300 g/mol. The summed E-state index contributed by atoms with van der Waals surface area (Å²) in [6.07, 6.45) is 16.9. The van der Waals surface area contributed by atoms with Gasteiger partial charge >= 0.3 is 0 Å². The third-order valence-electron chi connectivity index (χ3n) is 21.8. The minimum atomic E-state index is -0.510. The van der Waals surface area contributed by atoms with E-state index in [1.165, 1.54) is 66.8 Å². The van der Waals surface area contributed by atoms with E-state index in [0.717, 1.165) is 91.0 Å². The summed E-state index contributed by atoms with van der Waals surface area (Å²) in [4.78, 5) is 16.5. The first-order chi connectivity index (χ1) is 49.8. The molecule has 0 aromatic heterocycles. The first-order valence-corrected chi connectivity index (χ1v) is 35.3. The standard InChI is InChI=1S/C94H71N5O2/c1-59-82(62-25-6-2-7-26-62)55-68(56-83(59)63-27-8-3-9-28-63)73-40-18-21-43-81(73)93-99-92(101-93)67-48-51-75-84-54-65(49-52-85(84)94(86(75)57-67,69-34-10-4-11-35-69)70-36-12-5-13-37-70)64-47-50-74-66(53-64)33-24-44-76(74)87-58-88(98-91(97-87)80-46-23-32-61-30-15-17-39-72(61)80)77-41-19-20-42-79(77)90(96)100-89(95)78-45-22-31-60-29-14-16-38-71(60)78/h2-20,22-42,44-56,59,82,86,88,92,95-96H,21,43,57-58H2,1H3/t59?,82-,86?,88?,92?/m0/s1. The van der Waals surface area contributed by atoms with Crippen LogP contribution in [0.15, 0.2) is 359 Å². The third-order valence-corrected chi connectivity index (χ3v) is 21.8. The maximum atomic E-state index is 9.48. The summed E-state index contributed by atoms with van der Waals surface area (Å²) in [6, 6.07) is 101. The maximum absolute atomic E-state index is 9.48. The van der Waals surface area contributed by atoms with Gasteiger partial charge in [-0.1, -0.05) is 304 Å². The molecule has 7 nitrogen and oxygen atoms in total.